The van der Waals surface area contributed by atoms with Crippen molar-refractivity contribution >= 4 is 0 Å². The molecule has 2 aromatic rings. The molecule has 1 aliphatic heterocycles. The van der Waals surface area contributed by atoms with Gasteiger partial charge in [-0.05, 0) is 43.9 Å². The van der Waals surface area contributed by atoms with Crippen molar-refractivity contribution in [2.45, 2.75) is 44.8 Å². The van der Waals surface area contributed by atoms with Gasteiger partial charge in [0.15, 0.2) is 0 Å². The minimum absolute atomic E-state index is 0.385. The number of piperidine rings is 1. The quantitative estimate of drug-likeness (QED) is 0.940. The van der Waals surface area contributed by atoms with Crippen LogP contribution in [-0.4, -0.2) is 15.6 Å². The summed E-state index contributed by atoms with van der Waals surface area (Å²) in [6.07, 6.45) is 7.51. The van der Waals surface area contributed by atoms with Crippen LogP contribution < -0.4 is 5.32 Å². The van der Waals surface area contributed by atoms with Gasteiger partial charge in [0.2, 0.25) is 0 Å². The highest BCUT2D eigenvalue weighted by atomic mass is 15.1. The van der Waals surface area contributed by atoms with Crippen LogP contribution in [0.15, 0.2) is 36.8 Å². The average molecular weight is 280 g/mol. The third-order valence-electron chi connectivity index (χ3n) is 4.13. The Morgan fingerprint density at radius 1 is 1.43 bits per heavy atom. The first-order valence-electron chi connectivity index (χ1n) is 7.51. The zero-order valence-corrected chi connectivity index (χ0v) is 12.3. The van der Waals surface area contributed by atoms with Crippen LogP contribution in [0.1, 0.15) is 49.0 Å². The van der Waals surface area contributed by atoms with Gasteiger partial charge in [0.1, 0.15) is 0 Å². The molecule has 0 aliphatic carbocycles. The van der Waals surface area contributed by atoms with E-state index in [2.05, 4.69) is 33.9 Å². The Hall–Kier alpha value is -2.12. The monoisotopic (exact) mass is 280 g/mol. The highest BCUT2D eigenvalue weighted by Gasteiger charge is 2.22. The van der Waals surface area contributed by atoms with E-state index < -0.39 is 0 Å². The van der Waals surface area contributed by atoms with Crippen molar-refractivity contribution in [1.29, 1.82) is 5.26 Å². The molecule has 1 N–H and O–H groups in total. The molecule has 108 valence electrons. The van der Waals surface area contributed by atoms with Gasteiger partial charge in [-0.3, -0.25) is 0 Å². The van der Waals surface area contributed by atoms with Crippen LogP contribution in [0.2, 0.25) is 0 Å². The van der Waals surface area contributed by atoms with Crippen LogP contribution in [0, 0.1) is 11.3 Å². The van der Waals surface area contributed by atoms with E-state index in [9.17, 15) is 0 Å². The van der Waals surface area contributed by atoms with Crippen molar-refractivity contribution in [2.24, 2.45) is 0 Å². The lowest BCUT2D eigenvalue weighted by Gasteiger charge is -2.29. The predicted octanol–water partition coefficient (Wildman–Crippen LogP) is 3.01. The summed E-state index contributed by atoms with van der Waals surface area (Å²) in [7, 11) is 0. The molecule has 21 heavy (non-hydrogen) atoms. The third kappa shape index (κ3) is 3.14. The van der Waals surface area contributed by atoms with Gasteiger partial charge in [-0.2, -0.15) is 5.26 Å². The van der Waals surface area contributed by atoms with Gasteiger partial charge in [-0.25, -0.2) is 4.98 Å². The molecule has 2 unspecified atom stereocenters. The van der Waals surface area contributed by atoms with Crippen molar-refractivity contribution in [3.63, 3.8) is 0 Å². The van der Waals surface area contributed by atoms with Gasteiger partial charge in [0.25, 0.3) is 0 Å². The SMILES string of the molecule is CC1CCCC(c2cncn2Cc2cccc(C#N)c2)N1. The predicted molar refractivity (Wildman–Crippen MR) is 81.7 cm³/mol. The van der Waals surface area contributed by atoms with E-state index in [1.807, 2.05) is 30.7 Å². The Labute approximate surface area is 125 Å². The van der Waals surface area contributed by atoms with E-state index in [1.165, 1.54) is 18.5 Å². The van der Waals surface area contributed by atoms with E-state index >= 15 is 0 Å². The van der Waals surface area contributed by atoms with E-state index in [-0.39, 0.29) is 0 Å². The number of hydrogen-bond acceptors (Lipinski definition) is 3. The fourth-order valence-corrected chi connectivity index (χ4v) is 3.06. The molecule has 1 aromatic heterocycles. The largest absolute Gasteiger partial charge is 0.329 e. The van der Waals surface area contributed by atoms with Crippen molar-refractivity contribution in [1.82, 2.24) is 14.9 Å². The maximum Gasteiger partial charge on any atom is 0.0991 e. The molecule has 3 rings (SSSR count). The van der Waals surface area contributed by atoms with Crippen LogP contribution >= 0.6 is 0 Å². The molecule has 1 aliphatic rings. The van der Waals surface area contributed by atoms with Crippen LogP contribution in [0.5, 0.6) is 0 Å². The van der Waals surface area contributed by atoms with Gasteiger partial charge >= 0.3 is 0 Å². The summed E-state index contributed by atoms with van der Waals surface area (Å²) in [6, 6.07) is 10.9. The third-order valence-corrected chi connectivity index (χ3v) is 4.13. The Kier molecular flexibility index (Phi) is 4.03. The number of hydrogen-bond donors (Lipinski definition) is 1. The summed E-state index contributed by atoms with van der Waals surface area (Å²) >= 11 is 0. The number of imidazole rings is 1. The van der Waals surface area contributed by atoms with Crippen LogP contribution in [-0.2, 0) is 6.54 Å². The molecule has 0 saturated carbocycles. The number of rotatable bonds is 3. The molecule has 1 saturated heterocycles. The van der Waals surface area contributed by atoms with Gasteiger partial charge in [-0.1, -0.05) is 12.1 Å². The maximum atomic E-state index is 9.00. The van der Waals surface area contributed by atoms with Crippen LogP contribution in [0.25, 0.3) is 0 Å². The number of nitriles is 1. The Morgan fingerprint density at radius 3 is 3.14 bits per heavy atom. The molecule has 2 atom stereocenters. The number of aromatic nitrogens is 2. The Morgan fingerprint density at radius 2 is 2.33 bits per heavy atom. The molecule has 0 amide bonds. The standard InChI is InChI=1S/C17H20N4/c1-13-4-2-7-16(20-13)17-10-19-12-21(17)11-15-6-3-5-14(8-15)9-18/h3,5-6,8,10,12-13,16,20H,2,4,7,11H2,1H3. The summed E-state index contributed by atoms with van der Waals surface area (Å²) in [5, 5.41) is 12.7. The van der Waals surface area contributed by atoms with E-state index in [0.29, 0.717) is 17.6 Å². The van der Waals surface area contributed by atoms with Crippen molar-refractivity contribution in [2.75, 3.05) is 0 Å². The molecular weight excluding hydrogens is 260 g/mol. The van der Waals surface area contributed by atoms with Gasteiger partial charge < -0.3 is 9.88 Å². The van der Waals surface area contributed by atoms with Crippen LogP contribution in [0.4, 0.5) is 0 Å². The molecule has 1 fully saturated rings. The second-order valence-electron chi connectivity index (χ2n) is 5.81. The number of nitrogens with one attached hydrogen (secondary N) is 1. The highest BCUT2D eigenvalue weighted by molar-refractivity contribution is 5.33. The van der Waals surface area contributed by atoms with Crippen molar-refractivity contribution in [3.8, 4) is 6.07 Å². The van der Waals surface area contributed by atoms with Gasteiger partial charge in [0, 0.05) is 24.8 Å². The summed E-state index contributed by atoms with van der Waals surface area (Å²) in [5.74, 6) is 0. The van der Waals surface area contributed by atoms with E-state index in [1.54, 1.807) is 0 Å². The lowest BCUT2D eigenvalue weighted by molar-refractivity contribution is 0.330. The minimum Gasteiger partial charge on any atom is -0.329 e. The molecule has 4 nitrogen and oxygen atoms in total. The van der Waals surface area contributed by atoms with Gasteiger partial charge in [0.05, 0.1) is 23.7 Å². The summed E-state index contributed by atoms with van der Waals surface area (Å²) < 4.78 is 2.19. The molecule has 4 heteroatoms. The first kappa shape index (κ1) is 13.8. The number of nitrogens with zero attached hydrogens (tertiary/aromatic N) is 3. The molecule has 1 aromatic carbocycles. The van der Waals surface area contributed by atoms with Crippen molar-refractivity contribution in [3.05, 3.63) is 53.6 Å². The molecular formula is C17H20N4. The molecule has 0 spiro atoms. The van der Waals surface area contributed by atoms with E-state index in [4.69, 9.17) is 5.26 Å². The first-order chi connectivity index (χ1) is 10.3. The first-order valence-corrected chi connectivity index (χ1v) is 7.51. The topological polar surface area (TPSA) is 53.6 Å². The normalized spacial score (nSPS) is 21.9. The zero-order valence-electron chi connectivity index (χ0n) is 12.3. The minimum atomic E-state index is 0.385. The molecule has 2 heterocycles. The van der Waals surface area contributed by atoms with Crippen LogP contribution in [0.3, 0.4) is 0 Å². The molecule has 0 radical (unpaired) electrons. The lowest BCUT2D eigenvalue weighted by Crippen LogP contribution is -2.35. The molecule has 0 bridgehead atoms. The second-order valence-corrected chi connectivity index (χ2v) is 5.81. The Balaban J connectivity index is 1.80. The number of benzene rings is 1. The van der Waals surface area contributed by atoms with E-state index in [0.717, 1.165) is 18.5 Å². The summed E-state index contributed by atoms with van der Waals surface area (Å²) in [4.78, 5) is 4.32. The highest BCUT2D eigenvalue weighted by Crippen LogP contribution is 2.25. The summed E-state index contributed by atoms with van der Waals surface area (Å²) in [5.41, 5.74) is 3.08. The fraction of sp³-hybridized carbons (Fsp3) is 0.412. The maximum absolute atomic E-state index is 9.00. The zero-order chi connectivity index (χ0) is 14.7. The fourth-order valence-electron chi connectivity index (χ4n) is 3.06. The summed E-state index contributed by atoms with van der Waals surface area (Å²) in [6.45, 7) is 3.00. The Bertz CT molecular complexity index is 653. The van der Waals surface area contributed by atoms with Gasteiger partial charge in [-0.15, -0.1) is 0 Å². The second kappa shape index (κ2) is 6.11. The van der Waals surface area contributed by atoms with Crippen molar-refractivity contribution < 1.29 is 0 Å². The average Bonchev–Trinajstić information content (AvgIpc) is 2.95. The lowest BCUT2D eigenvalue weighted by atomic mass is 9.97. The smallest absolute Gasteiger partial charge is 0.0991 e.